The zero-order valence-corrected chi connectivity index (χ0v) is 17.4. The molecular formula is C25H29NO3. The highest BCUT2D eigenvalue weighted by Crippen LogP contribution is 2.22. The fourth-order valence-corrected chi connectivity index (χ4v) is 2.82. The molecule has 0 saturated carbocycles. The van der Waals surface area contributed by atoms with Crippen LogP contribution in [0.3, 0.4) is 0 Å². The van der Waals surface area contributed by atoms with Gasteiger partial charge < -0.3 is 19.9 Å². The molecule has 0 aliphatic heterocycles. The molecule has 0 unspecified atom stereocenters. The van der Waals surface area contributed by atoms with Gasteiger partial charge in [0.2, 0.25) is 0 Å². The Balaban J connectivity index is 1.52. The van der Waals surface area contributed by atoms with E-state index in [0.717, 1.165) is 33.9 Å². The Morgan fingerprint density at radius 1 is 0.655 bits per heavy atom. The lowest BCUT2D eigenvalue weighted by molar-refractivity contribution is 0.130. The summed E-state index contributed by atoms with van der Waals surface area (Å²) < 4.78 is 17.6. The molecule has 0 aliphatic carbocycles. The van der Waals surface area contributed by atoms with Crippen LogP contribution in [0.5, 0.6) is 17.2 Å². The normalized spacial score (nSPS) is 11.2. The molecule has 2 N–H and O–H groups in total. The largest absolute Gasteiger partial charge is 0.489 e. The van der Waals surface area contributed by atoms with Crippen molar-refractivity contribution in [2.75, 3.05) is 0 Å². The molecule has 0 fully saturated rings. The van der Waals surface area contributed by atoms with E-state index in [-0.39, 0.29) is 5.60 Å². The van der Waals surface area contributed by atoms with Crippen molar-refractivity contribution in [3.05, 3.63) is 89.5 Å². The van der Waals surface area contributed by atoms with Crippen molar-refractivity contribution in [2.24, 2.45) is 5.73 Å². The van der Waals surface area contributed by atoms with Gasteiger partial charge in [-0.25, -0.2) is 0 Å². The SMILES string of the molecule is CC(C)(C)Oc1ccc(OCc2cccc(COc3ccc(CN)cc3)c2)cc1. The molecule has 3 aromatic carbocycles. The van der Waals surface area contributed by atoms with Gasteiger partial charge in [-0.15, -0.1) is 0 Å². The summed E-state index contributed by atoms with van der Waals surface area (Å²) in [6.45, 7) is 7.64. The molecule has 29 heavy (non-hydrogen) atoms. The highest BCUT2D eigenvalue weighted by atomic mass is 16.5. The third kappa shape index (κ3) is 6.84. The van der Waals surface area contributed by atoms with Crippen molar-refractivity contribution in [1.82, 2.24) is 0 Å². The Labute approximate surface area is 173 Å². The second-order valence-corrected chi connectivity index (χ2v) is 7.93. The molecule has 3 aromatic rings. The zero-order chi connectivity index (χ0) is 20.7. The summed E-state index contributed by atoms with van der Waals surface area (Å²) in [5.74, 6) is 2.48. The average Bonchev–Trinajstić information content (AvgIpc) is 2.71. The van der Waals surface area contributed by atoms with E-state index in [1.807, 2.05) is 75.4 Å². The number of hydrogen-bond acceptors (Lipinski definition) is 4. The molecule has 0 saturated heterocycles. The number of ether oxygens (including phenoxy) is 3. The number of hydrogen-bond donors (Lipinski definition) is 1. The Kier molecular flexibility index (Phi) is 6.78. The summed E-state index contributed by atoms with van der Waals surface area (Å²) in [4.78, 5) is 0. The zero-order valence-electron chi connectivity index (χ0n) is 17.4. The first kappa shape index (κ1) is 20.7. The third-order valence-electron chi connectivity index (χ3n) is 4.21. The van der Waals surface area contributed by atoms with Gasteiger partial charge in [0.1, 0.15) is 36.1 Å². The van der Waals surface area contributed by atoms with Gasteiger partial charge in [-0.05, 0) is 79.9 Å². The highest BCUT2D eigenvalue weighted by Gasteiger charge is 2.11. The van der Waals surface area contributed by atoms with Gasteiger partial charge in [0.05, 0.1) is 0 Å². The molecular weight excluding hydrogens is 362 g/mol. The van der Waals surface area contributed by atoms with E-state index in [1.165, 1.54) is 0 Å². The van der Waals surface area contributed by atoms with E-state index < -0.39 is 0 Å². The quantitative estimate of drug-likeness (QED) is 0.552. The van der Waals surface area contributed by atoms with E-state index in [0.29, 0.717) is 19.8 Å². The molecule has 0 heterocycles. The van der Waals surface area contributed by atoms with Crippen LogP contribution in [-0.2, 0) is 19.8 Å². The second kappa shape index (κ2) is 9.48. The van der Waals surface area contributed by atoms with E-state index in [1.54, 1.807) is 0 Å². The minimum absolute atomic E-state index is 0.211. The maximum absolute atomic E-state index is 5.91. The van der Waals surface area contributed by atoms with Gasteiger partial charge >= 0.3 is 0 Å². The van der Waals surface area contributed by atoms with Crippen molar-refractivity contribution in [2.45, 2.75) is 46.1 Å². The molecule has 0 bridgehead atoms. The molecule has 0 radical (unpaired) electrons. The average molecular weight is 392 g/mol. The summed E-state index contributed by atoms with van der Waals surface area (Å²) in [5.41, 5.74) is 8.70. The van der Waals surface area contributed by atoms with Crippen LogP contribution in [0, 0.1) is 0 Å². The Hall–Kier alpha value is -2.98. The van der Waals surface area contributed by atoms with Crippen LogP contribution < -0.4 is 19.9 Å². The Bertz CT molecular complexity index is 897. The first-order valence-electron chi connectivity index (χ1n) is 9.83. The molecule has 0 spiro atoms. The molecule has 0 aromatic heterocycles. The lowest BCUT2D eigenvalue weighted by Gasteiger charge is -2.21. The van der Waals surface area contributed by atoms with Gasteiger partial charge in [-0.3, -0.25) is 0 Å². The topological polar surface area (TPSA) is 53.7 Å². The number of rotatable bonds is 8. The molecule has 152 valence electrons. The summed E-state index contributed by atoms with van der Waals surface area (Å²) in [6.07, 6.45) is 0. The predicted molar refractivity (Wildman–Crippen MR) is 116 cm³/mol. The van der Waals surface area contributed by atoms with Gasteiger partial charge in [0, 0.05) is 6.54 Å². The lowest BCUT2D eigenvalue weighted by atomic mass is 10.1. The summed E-state index contributed by atoms with van der Waals surface area (Å²) in [5, 5.41) is 0. The summed E-state index contributed by atoms with van der Waals surface area (Å²) in [6, 6.07) is 23.8. The molecule has 0 amide bonds. The monoisotopic (exact) mass is 391 g/mol. The van der Waals surface area contributed by atoms with E-state index in [9.17, 15) is 0 Å². The standard InChI is InChI=1S/C25H29NO3/c1-25(2,3)29-24-13-11-23(12-14-24)28-18-21-6-4-5-20(15-21)17-27-22-9-7-19(16-26)8-10-22/h4-15H,16-18,26H2,1-3H3. The number of nitrogens with two attached hydrogens (primary N) is 1. The van der Waals surface area contributed by atoms with Crippen LogP contribution in [0.1, 0.15) is 37.5 Å². The molecule has 0 aliphatic rings. The first-order chi connectivity index (χ1) is 13.9. The van der Waals surface area contributed by atoms with Crippen molar-refractivity contribution < 1.29 is 14.2 Å². The van der Waals surface area contributed by atoms with E-state index in [4.69, 9.17) is 19.9 Å². The minimum atomic E-state index is -0.211. The van der Waals surface area contributed by atoms with Crippen LogP contribution in [-0.4, -0.2) is 5.60 Å². The lowest BCUT2D eigenvalue weighted by Crippen LogP contribution is -2.22. The van der Waals surface area contributed by atoms with Gasteiger partial charge in [-0.2, -0.15) is 0 Å². The minimum Gasteiger partial charge on any atom is -0.489 e. The highest BCUT2D eigenvalue weighted by molar-refractivity contribution is 5.32. The molecule has 3 rings (SSSR count). The van der Waals surface area contributed by atoms with Crippen molar-refractivity contribution in [3.63, 3.8) is 0 Å². The fourth-order valence-electron chi connectivity index (χ4n) is 2.82. The Morgan fingerprint density at radius 3 is 1.62 bits per heavy atom. The smallest absolute Gasteiger partial charge is 0.120 e. The van der Waals surface area contributed by atoms with E-state index >= 15 is 0 Å². The van der Waals surface area contributed by atoms with Crippen molar-refractivity contribution >= 4 is 0 Å². The van der Waals surface area contributed by atoms with E-state index in [2.05, 4.69) is 18.2 Å². The molecule has 4 heteroatoms. The number of benzene rings is 3. The van der Waals surface area contributed by atoms with Crippen LogP contribution >= 0.6 is 0 Å². The first-order valence-corrected chi connectivity index (χ1v) is 9.83. The third-order valence-corrected chi connectivity index (χ3v) is 4.21. The summed E-state index contributed by atoms with van der Waals surface area (Å²) >= 11 is 0. The summed E-state index contributed by atoms with van der Waals surface area (Å²) in [7, 11) is 0. The fraction of sp³-hybridized carbons (Fsp3) is 0.280. The predicted octanol–water partition coefficient (Wildman–Crippen LogP) is 5.48. The van der Waals surface area contributed by atoms with Crippen molar-refractivity contribution in [1.29, 1.82) is 0 Å². The Morgan fingerprint density at radius 2 is 1.14 bits per heavy atom. The maximum atomic E-state index is 5.91. The van der Waals surface area contributed by atoms with Gasteiger partial charge in [0.25, 0.3) is 0 Å². The van der Waals surface area contributed by atoms with Gasteiger partial charge in [-0.1, -0.05) is 30.3 Å². The van der Waals surface area contributed by atoms with Crippen LogP contribution in [0.4, 0.5) is 0 Å². The molecule has 0 atom stereocenters. The van der Waals surface area contributed by atoms with Crippen LogP contribution in [0.15, 0.2) is 72.8 Å². The van der Waals surface area contributed by atoms with Crippen LogP contribution in [0.2, 0.25) is 0 Å². The van der Waals surface area contributed by atoms with Gasteiger partial charge in [0.15, 0.2) is 0 Å². The maximum Gasteiger partial charge on any atom is 0.120 e. The second-order valence-electron chi connectivity index (χ2n) is 7.93. The van der Waals surface area contributed by atoms with Crippen molar-refractivity contribution in [3.8, 4) is 17.2 Å². The molecule has 4 nitrogen and oxygen atoms in total. The van der Waals surface area contributed by atoms with Crippen LogP contribution in [0.25, 0.3) is 0 Å².